The zero-order valence-electron chi connectivity index (χ0n) is 9.20. The van der Waals surface area contributed by atoms with Crippen molar-refractivity contribution in [2.45, 2.75) is 26.3 Å². The fourth-order valence-corrected chi connectivity index (χ4v) is 1.34. The maximum Gasteiger partial charge on any atom is 0.304 e. The number of hydrogen-bond acceptors (Lipinski definition) is 3. The van der Waals surface area contributed by atoms with E-state index in [0.717, 1.165) is 24.9 Å². The number of halogens is 1. The summed E-state index contributed by atoms with van der Waals surface area (Å²) in [5.41, 5.74) is 0.247. The SMILES string of the molecule is CCCCNCc1ccc([N+](=O)[O-])c(F)c1. The van der Waals surface area contributed by atoms with Crippen molar-refractivity contribution in [3.05, 3.63) is 39.7 Å². The summed E-state index contributed by atoms with van der Waals surface area (Å²) in [4.78, 5) is 9.66. The Balaban J connectivity index is 2.56. The summed E-state index contributed by atoms with van der Waals surface area (Å²) in [6, 6.07) is 3.98. The minimum atomic E-state index is -0.778. The molecule has 0 unspecified atom stereocenters. The van der Waals surface area contributed by atoms with Crippen LogP contribution in [0.3, 0.4) is 0 Å². The molecule has 0 aliphatic carbocycles. The highest BCUT2D eigenvalue weighted by molar-refractivity contribution is 5.34. The molecule has 1 N–H and O–H groups in total. The highest BCUT2D eigenvalue weighted by atomic mass is 19.1. The Morgan fingerprint density at radius 1 is 1.50 bits per heavy atom. The van der Waals surface area contributed by atoms with Crippen LogP contribution in [0.2, 0.25) is 0 Å². The molecule has 0 fully saturated rings. The monoisotopic (exact) mass is 226 g/mol. The van der Waals surface area contributed by atoms with Crippen molar-refractivity contribution in [3.63, 3.8) is 0 Å². The first-order valence-corrected chi connectivity index (χ1v) is 5.28. The average molecular weight is 226 g/mol. The van der Waals surface area contributed by atoms with Gasteiger partial charge in [-0.2, -0.15) is 4.39 Å². The van der Waals surface area contributed by atoms with E-state index in [-0.39, 0.29) is 0 Å². The Bertz CT molecular complexity index is 369. The van der Waals surface area contributed by atoms with E-state index in [0.29, 0.717) is 6.54 Å². The van der Waals surface area contributed by atoms with Gasteiger partial charge in [0.05, 0.1) is 4.92 Å². The molecule has 88 valence electrons. The van der Waals surface area contributed by atoms with Gasteiger partial charge in [-0.25, -0.2) is 0 Å². The quantitative estimate of drug-likeness (QED) is 0.461. The molecule has 0 radical (unpaired) electrons. The van der Waals surface area contributed by atoms with Crippen LogP contribution in [0.4, 0.5) is 10.1 Å². The number of nitrogens with one attached hydrogen (secondary N) is 1. The molecule has 4 nitrogen and oxygen atoms in total. The van der Waals surface area contributed by atoms with Crippen molar-refractivity contribution in [2.75, 3.05) is 6.54 Å². The number of unbranched alkanes of at least 4 members (excludes halogenated alkanes) is 1. The van der Waals surface area contributed by atoms with Gasteiger partial charge in [-0.3, -0.25) is 10.1 Å². The van der Waals surface area contributed by atoms with E-state index in [9.17, 15) is 14.5 Å². The molecule has 0 saturated heterocycles. The molecular weight excluding hydrogens is 211 g/mol. The summed E-state index contributed by atoms with van der Waals surface area (Å²) in [5.74, 6) is -0.778. The molecule has 0 amide bonds. The summed E-state index contributed by atoms with van der Waals surface area (Å²) < 4.78 is 13.2. The number of hydrogen-bond donors (Lipinski definition) is 1. The van der Waals surface area contributed by atoms with Crippen LogP contribution in [0.1, 0.15) is 25.3 Å². The smallest absolute Gasteiger partial charge is 0.304 e. The second-order valence-corrected chi connectivity index (χ2v) is 3.57. The van der Waals surface area contributed by atoms with Gasteiger partial charge in [0.15, 0.2) is 0 Å². The first-order valence-electron chi connectivity index (χ1n) is 5.28. The fourth-order valence-electron chi connectivity index (χ4n) is 1.34. The Kier molecular flexibility index (Phi) is 4.85. The zero-order valence-corrected chi connectivity index (χ0v) is 9.20. The summed E-state index contributed by atoms with van der Waals surface area (Å²) in [7, 11) is 0. The van der Waals surface area contributed by atoms with Crippen molar-refractivity contribution in [1.29, 1.82) is 0 Å². The second-order valence-electron chi connectivity index (χ2n) is 3.57. The minimum absolute atomic E-state index is 0.475. The molecule has 0 heterocycles. The molecule has 5 heteroatoms. The number of nitro benzene ring substituents is 1. The normalized spacial score (nSPS) is 10.4. The van der Waals surface area contributed by atoms with Crippen LogP contribution in [-0.2, 0) is 6.54 Å². The molecule has 0 spiro atoms. The Hall–Kier alpha value is -1.49. The largest absolute Gasteiger partial charge is 0.313 e. The fraction of sp³-hybridized carbons (Fsp3) is 0.455. The Morgan fingerprint density at radius 2 is 2.25 bits per heavy atom. The maximum absolute atomic E-state index is 13.2. The van der Waals surface area contributed by atoms with Gasteiger partial charge in [0.2, 0.25) is 5.82 Å². The second kappa shape index (κ2) is 6.17. The van der Waals surface area contributed by atoms with Crippen LogP contribution < -0.4 is 5.32 Å². The van der Waals surface area contributed by atoms with Gasteiger partial charge in [0.25, 0.3) is 0 Å². The lowest BCUT2D eigenvalue weighted by Gasteiger charge is -2.04. The van der Waals surface area contributed by atoms with E-state index in [1.165, 1.54) is 12.1 Å². The summed E-state index contributed by atoms with van der Waals surface area (Å²) in [5, 5.41) is 13.5. The molecule has 0 aliphatic rings. The van der Waals surface area contributed by atoms with Gasteiger partial charge in [-0.15, -0.1) is 0 Å². The van der Waals surface area contributed by atoms with Crippen molar-refractivity contribution in [1.82, 2.24) is 5.32 Å². The molecule has 1 aromatic rings. The highest BCUT2D eigenvalue weighted by Gasteiger charge is 2.13. The molecule has 1 aromatic carbocycles. The van der Waals surface area contributed by atoms with E-state index < -0.39 is 16.4 Å². The standard InChI is InChI=1S/C11H15FN2O2/c1-2-3-6-13-8-9-4-5-11(14(15)16)10(12)7-9/h4-5,7,13H,2-3,6,8H2,1H3. The van der Waals surface area contributed by atoms with E-state index in [1.807, 2.05) is 0 Å². The van der Waals surface area contributed by atoms with Crippen molar-refractivity contribution < 1.29 is 9.31 Å². The van der Waals surface area contributed by atoms with Gasteiger partial charge in [0, 0.05) is 12.6 Å². The molecule has 1 rings (SSSR count). The predicted molar refractivity (Wildman–Crippen MR) is 59.7 cm³/mol. The topological polar surface area (TPSA) is 55.2 Å². The van der Waals surface area contributed by atoms with Crippen LogP contribution in [0.25, 0.3) is 0 Å². The first kappa shape index (κ1) is 12.6. The van der Waals surface area contributed by atoms with Crippen LogP contribution >= 0.6 is 0 Å². The average Bonchev–Trinajstić information content (AvgIpc) is 2.24. The number of nitro groups is 1. The van der Waals surface area contributed by atoms with E-state index in [1.54, 1.807) is 6.07 Å². The zero-order chi connectivity index (χ0) is 12.0. The van der Waals surface area contributed by atoms with Crippen molar-refractivity contribution in [2.24, 2.45) is 0 Å². The Morgan fingerprint density at radius 3 is 2.81 bits per heavy atom. The molecular formula is C11H15FN2O2. The molecule has 0 aliphatic heterocycles. The third-order valence-electron chi connectivity index (χ3n) is 2.25. The van der Waals surface area contributed by atoms with Crippen LogP contribution in [-0.4, -0.2) is 11.5 Å². The lowest BCUT2D eigenvalue weighted by molar-refractivity contribution is -0.387. The summed E-state index contributed by atoms with van der Waals surface area (Å²) >= 11 is 0. The van der Waals surface area contributed by atoms with Crippen LogP contribution in [0.15, 0.2) is 18.2 Å². The van der Waals surface area contributed by atoms with Crippen LogP contribution in [0, 0.1) is 15.9 Å². The summed E-state index contributed by atoms with van der Waals surface area (Å²) in [6.07, 6.45) is 2.16. The number of benzene rings is 1. The van der Waals surface area contributed by atoms with E-state index >= 15 is 0 Å². The molecule has 0 aromatic heterocycles. The van der Waals surface area contributed by atoms with E-state index in [2.05, 4.69) is 12.2 Å². The number of rotatable bonds is 6. The maximum atomic E-state index is 13.2. The molecule has 0 saturated carbocycles. The number of nitrogens with zero attached hydrogens (tertiary/aromatic N) is 1. The lowest BCUT2D eigenvalue weighted by Crippen LogP contribution is -2.14. The molecule has 0 bridgehead atoms. The van der Waals surface area contributed by atoms with Gasteiger partial charge in [-0.1, -0.05) is 19.4 Å². The third kappa shape index (κ3) is 3.58. The predicted octanol–water partition coefficient (Wildman–Crippen LogP) is 2.62. The van der Waals surface area contributed by atoms with Gasteiger partial charge >= 0.3 is 5.69 Å². The van der Waals surface area contributed by atoms with Crippen molar-refractivity contribution in [3.8, 4) is 0 Å². The van der Waals surface area contributed by atoms with Gasteiger partial charge in [0.1, 0.15) is 0 Å². The molecule has 16 heavy (non-hydrogen) atoms. The van der Waals surface area contributed by atoms with Crippen LogP contribution in [0.5, 0.6) is 0 Å². The molecule has 0 atom stereocenters. The first-order chi connectivity index (χ1) is 7.65. The highest BCUT2D eigenvalue weighted by Crippen LogP contribution is 2.17. The van der Waals surface area contributed by atoms with E-state index in [4.69, 9.17) is 0 Å². The summed E-state index contributed by atoms with van der Waals surface area (Å²) in [6.45, 7) is 3.50. The van der Waals surface area contributed by atoms with Crippen molar-refractivity contribution >= 4 is 5.69 Å². The third-order valence-corrected chi connectivity index (χ3v) is 2.25. The Labute approximate surface area is 93.6 Å². The van der Waals surface area contributed by atoms with Gasteiger partial charge in [-0.05, 0) is 24.6 Å². The van der Waals surface area contributed by atoms with Gasteiger partial charge < -0.3 is 5.32 Å². The lowest BCUT2D eigenvalue weighted by atomic mass is 10.2. The minimum Gasteiger partial charge on any atom is -0.313 e.